The average molecular weight is 398 g/mol. The predicted molar refractivity (Wildman–Crippen MR) is 110 cm³/mol. The molecular weight excluding hydrogens is 366 g/mol. The van der Waals surface area contributed by atoms with Gasteiger partial charge in [0.1, 0.15) is 11.9 Å². The number of pyridine rings is 1. The third-order valence-corrected chi connectivity index (χ3v) is 6.52. The summed E-state index contributed by atoms with van der Waals surface area (Å²) in [5.41, 5.74) is 0.569. The zero-order valence-corrected chi connectivity index (χ0v) is 17.1. The van der Waals surface area contributed by atoms with E-state index in [1.807, 2.05) is 0 Å². The third kappa shape index (κ3) is 4.88. The Bertz CT molecular complexity index is 737. The number of likely N-dealkylation sites (tertiary alicyclic amines) is 2. The van der Waals surface area contributed by atoms with Crippen LogP contribution in [-0.2, 0) is 9.53 Å². The molecule has 156 valence electrons. The molecule has 1 amide bonds. The second-order valence-electron chi connectivity index (χ2n) is 8.46. The number of carbonyl (C=O) groups excluding carboxylic acids is 1. The van der Waals surface area contributed by atoms with Gasteiger partial charge in [0.05, 0.1) is 11.5 Å². The highest BCUT2D eigenvalue weighted by Gasteiger charge is 2.35. The maximum Gasteiger partial charge on any atom is 0.226 e. The van der Waals surface area contributed by atoms with Crippen LogP contribution in [0.4, 0.5) is 5.82 Å². The van der Waals surface area contributed by atoms with Gasteiger partial charge >= 0.3 is 0 Å². The van der Waals surface area contributed by atoms with Crippen LogP contribution in [0.2, 0.25) is 0 Å². The minimum absolute atomic E-state index is 0.0573. The molecule has 4 heterocycles. The molecule has 3 aliphatic rings. The second-order valence-corrected chi connectivity index (χ2v) is 8.46. The zero-order chi connectivity index (χ0) is 20.1. The van der Waals surface area contributed by atoms with E-state index in [4.69, 9.17) is 4.74 Å². The highest BCUT2D eigenvalue weighted by Crippen LogP contribution is 2.27. The Labute approximate surface area is 173 Å². The minimum Gasteiger partial charge on any atom is -0.381 e. The Kier molecular flexibility index (Phi) is 6.63. The van der Waals surface area contributed by atoms with Crippen LogP contribution >= 0.6 is 0 Å². The van der Waals surface area contributed by atoms with E-state index in [-0.39, 0.29) is 12.0 Å². The van der Waals surface area contributed by atoms with Crippen molar-refractivity contribution in [2.75, 3.05) is 44.7 Å². The van der Waals surface area contributed by atoms with Crippen molar-refractivity contribution in [2.45, 2.75) is 50.6 Å². The number of anilines is 1. The smallest absolute Gasteiger partial charge is 0.226 e. The number of carbonyl (C=O) groups is 1. The van der Waals surface area contributed by atoms with Gasteiger partial charge < -0.3 is 15.0 Å². The van der Waals surface area contributed by atoms with Gasteiger partial charge in [0.15, 0.2) is 0 Å². The van der Waals surface area contributed by atoms with Gasteiger partial charge in [-0.05, 0) is 50.7 Å². The van der Waals surface area contributed by atoms with E-state index in [9.17, 15) is 10.1 Å². The fourth-order valence-corrected chi connectivity index (χ4v) is 4.89. The summed E-state index contributed by atoms with van der Waals surface area (Å²) in [6.45, 7) is 5.11. The van der Waals surface area contributed by atoms with Gasteiger partial charge in [-0.3, -0.25) is 9.69 Å². The highest BCUT2D eigenvalue weighted by atomic mass is 16.5. The second kappa shape index (κ2) is 9.55. The normalized spacial score (nSPS) is 26.7. The monoisotopic (exact) mass is 397 g/mol. The molecule has 7 heteroatoms. The van der Waals surface area contributed by atoms with Crippen molar-refractivity contribution in [2.24, 2.45) is 5.92 Å². The minimum atomic E-state index is 0.0573. The molecule has 3 aliphatic heterocycles. The molecule has 0 radical (unpaired) electrons. The van der Waals surface area contributed by atoms with Gasteiger partial charge in [0.2, 0.25) is 5.91 Å². The van der Waals surface area contributed by atoms with Gasteiger partial charge in [0.25, 0.3) is 0 Å². The Balaban J connectivity index is 1.50. The number of aromatic nitrogens is 1. The summed E-state index contributed by atoms with van der Waals surface area (Å²) in [7, 11) is 0. The van der Waals surface area contributed by atoms with Gasteiger partial charge in [-0.25, -0.2) is 4.98 Å². The van der Waals surface area contributed by atoms with Gasteiger partial charge in [-0.15, -0.1) is 0 Å². The number of nitrogens with one attached hydrogen (secondary N) is 1. The zero-order valence-electron chi connectivity index (χ0n) is 17.1. The molecule has 1 aromatic heterocycles. The van der Waals surface area contributed by atoms with E-state index in [0.717, 1.165) is 77.9 Å². The Morgan fingerprint density at radius 3 is 2.72 bits per heavy atom. The molecular formula is C22H31N5O2. The first kappa shape index (κ1) is 20.1. The number of ether oxygens (including phenoxy) is 1. The fourth-order valence-electron chi connectivity index (χ4n) is 4.89. The SMILES string of the molecule is N#Cc1cccnc1N[C@H]1CC[C@@H](C(=O)N2CCCC2)CN(C2CCOCC2)C1. The van der Waals surface area contributed by atoms with Crippen molar-refractivity contribution < 1.29 is 9.53 Å². The molecule has 2 atom stereocenters. The lowest BCUT2D eigenvalue weighted by Crippen LogP contribution is -2.47. The first-order valence-corrected chi connectivity index (χ1v) is 11.0. The summed E-state index contributed by atoms with van der Waals surface area (Å²) in [6, 6.07) is 6.44. The lowest BCUT2D eigenvalue weighted by Gasteiger charge is -2.36. The molecule has 0 aliphatic carbocycles. The van der Waals surface area contributed by atoms with E-state index in [1.165, 1.54) is 0 Å². The van der Waals surface area contributed by atoms with Crippen LogP contribution in [0.25, 0.3) is 0 Å². The molecule has 0 aromatic carbocycles. The van der Waals surface area contributed by atoms with Crippen molar-refractivity contribution in [3.8, 4) is 6.07 Å². The summed E-state index contributed by atoms with van der Waals surface area (Å²) in [6.07, 6.45) is 7.79. The third-order valence-electron chi connectivity index (χ3n) is 6.52. The summed E-state index contributed by atoms with van der Waals surface area (Å²) < 4.78 is 5.57. The van der Waals surface area contributed by atoms with Crippen LogP contribution in [0.15, 0.2) is 18.3 Å². The van der Waals surface area contributed by atoms with Crippen molar-refractivity contribution >= 4 is 11.7 Å². The van der Waals surface area contributed by atoms with Crippen LogP contribution in [0.3, 0.4) is 0 Å². The van der Waals surface area contributed by atoms with E-state index in [2.05, 4.69) is 26.2 Å². The van der Waals surface area contributed by atoms with Crippen molar-refractivity contribution in [3.63, 3.8) is 0 Å². The number of nitrogens with zero attached hydrogens (tertiary/aromatic N) is 4. The average Bonchev–Trinajstić information content (AvgIpc) is 3.22. The van der Waals surface area contributed by atoms with Crippen LogP contribution in [-0.4, -0.2) is 72.2 Å². The maximum absolute atomic E-state index is 13.1. The highest BCUT2D eigenvalue weighted by molar-refractivity contribution is 5.79. The Morgan fingerprint density at radius 2 is 1.97 bits per heavy atom. The summed E-state index contributed by atoms with van der Waals surface area (Å²) in [5, 5.41) is 12.9. The van der Waals surface area contributed by atoms with Crippen molar-refractivity contribution in [1.29, 1.82) is 5.26 Å². The van der Waals surface area contributed by atoms with Crippen LogP contribution in [0.1, 0.15) is 44.1 Å². The molecule has 1 aromatic rings. The topological polar surface area (TPSA) is 81.5 Å². The van der Waals surface area contributed by atoms with Crippen LogP contribution in [0.5, 0.6) is 0 Å². The van der Waals surface area contributed by atoms with Crippen molar-refractivity contribution in [3.05, 3.63) is 23.9 Å². The molecule has 7 nitrogen and oxygen atoms in total. The first-order chi connectivity index (χ1) is 14.2. The lowest BCUT2D eigenvalue weighted by atomic mass is 9.99. The standard InChI is InChI=1S/C22H31N5O2/c23-14-17-4-3-9-24-21(17)25-19-6-5-18(22(28)26-10-1-2-11-26)15-27(16-19)20-7-12-29-13-8-20/h3-4,9,18-20H,1-2,5-8,10-13,15-16H2,(H,24,25)/t18-,19+/m1/s1. The number of nitriles is 1. The summed E-state index contributed by atoms with van der Waals surface area (Å²) in [5.74, 6) is 1.04. The lowest BCUT2D eigenvalue weighted by molar-refractivity contribution is -0.135. The number of rotatable bonds is 4. The van der Waals surface area contributed by atoms with E-state index in [0.29, 0.717) is 23.3 Å². The van der Waals surface area contributed by atoms with Crippen molar-refractivity contribution in [1.82, 2.24) is 14.8 Å². The van der Waals surface area contributed by atoms with E-state index < -0.39 is 0 Å². The molecule has 3 saturated heterocycles. The predicted octanol–water partition coefficient (Wildman–Crippen LogP) is 2.25. The largest absolute Gasteiger partial charge is 0.381 e. The quantitative estimate of drug-likeness (QED) is 0.839. The summed E-state index contributed by atoms with van der Waals surface area (Å²) >= 11 is 0. The molecule has 29 heavy (non-hydrogen) atoms. The maximum atomic E-state index is 13.1. The van der Waals surface area contributed by atoms with Gasteiger partial charge in [-0.2, -0.15) is 5.26 Å². The molecule has 0 bridgehead atoms. The first-order valence-electron chi connectivity index (χ1n) is 11.0. The molecule has 0 saturated carbocycles. The molecule has 0 unspecified atom stereocenters. The molecule has 1 N–H and O–H groups in total. The Morgan fingerprint density at radius 1 is 1.17 bits per heavy atom. The number of hydrogen-bond donors (Lipinski definition) is 1. The van der Waals surface area contributed by atoms with Crippen LogP contribution in [0, 0.1) is 17.2 Å². The van der Waals surface area contributed by atoms with Gasteiger partial charge in [0, 0.05) is 57.7 Å². The van der Waals surface area contributed by atoms with Gasteiger partial charge in [-0.1, -0.05) is 0 Å². The van der Waals surface area contributed by atoms with E-state index >= 15 is 0 Å². The fraction of sp³-hybridized carbons (Fsp3) is 0.682. The van der Waals surface area contributed by atoms with E-state index in [1.54, 1.807) is 18.3 Å². The number of hydrogen-bond acceptors (Lipinski definition) is 6. The van der Waals surface area contributed by atoms with Crippen LogP contribution < -0.4 is 5.32 Å². The molecule has 0 spiro atoms. The molecule has 4 rings (SSSR count). The summed E-state index contributed by atoms with van der Waals surface area (Å²) in [4.78, 5) is 22.1. The number of amides is 1. The Hall–Kier alpha value is -2.17. The molecule has 3 fully saturated rings.